The van der Waals surface area contributed by atoms with Gasteiger partial charge in [0.2, 0.25) is 0 Å². The van der Waals surface area contributed by atoms with Gasteiger partial charge < -0.3 is 9.15 Å². The molecule has 17 heavy (non-hydrogen) atoms. The molecule has 2 aromatic rings. The van der Waals surface area contributed by atoms with Crippen molar-refractivity contribution in [3.63, 3.8) is 0 Å². The van der Waals surface area contributed by atoms with Gasteiger partial charge in [-0.3, -0.25) is 4.79 Å². The summed E-state index contributed by atoms with van der Waals surface area (Å²) in [5, 5.41) is 0.618. The van der Waals surface area contributed by atoms with Crippen molar-refractivity contribution in [3.8, 4) is 0 Å². The molecule has 3 nitrogen and oxygen atoms in total. The highest BCUT2D eigenvalue weighted by atomic mass is 16.5. The van der Waals surface area contributed by atoms with E-state index in [0.717, 1.165) is 12.0 Å². The van der Waals surface area contributed by atoms with Crippen LogP contribution in [0.5, 0.6) is 0 Å². The van der Waals surface area contributed by atoms with E-state index in [1.165, 1.54) is 6.07 Å². The zero-order valence-electron chi connectivity index (χ0n) is 9.53. The van der Waals surface area contributed by atoms with Crippen molar-refractivity contribution in [2.45, 2.75) is 13.3 Å². The first-order chi connectivity index (χ1) is 8.24. The van der Waals surface area contributed by atoms with Crippen LogP contribution in [0.25, 0.3) is 16.7 Å². The van der Waals surface area contributed by atoms with Gasteiger partial charge in [0.1, 0.15) is 5.58 Å². The van der Waals surface area contributed by atoms with Gasteiger partial charge in [0.25, 0.3) is 0 Å². The molecule has 3 rings (SSSR count). The van der Waals surface area contributed by atoms with Crippen LogP contribution in [-0.2, 0) is 4.74 Å². The molecule has 3 heteroatoms. The van der Waals surface area contributed by atoms with Gasteiger partial charge in [-0.15, -0.1) is 0 Å². The largest absolute Gasteiger partial charge is 0.490 e. The SMILES string of the molecule is Cc1ccc2oc(C3=CCCO3)cc(=O)c2c1. The molecule has 0 amide bonds. The molecule has 0 saturated carbocycles. The minimum absolute atomic E-state index is 0.0265. The molecule has 0 spiro atoms. The van der Waals surface area contributed by atoms with Crippen LogP contribution in [0.1, 0.15) is 17.7 Å². The highest BCUT2D eigenvalue weighted by Crippen LogP contribution is 2.23. The minimum atomic E-state index is -0.0265. The number of fused-ring (bicyclic) bond motifs is 1. The van der Waals surface area contributed by atoms with Gasteiger partial charge in [0.15, 0.2) is 16.9 Å². The number of benzene rings is 1. The Morgan fingerprint density at radius 1 is 1.24 bits per heavy atom. The average Bonchev–Trinajstić information content (AvgIpc) is 2.83. The van der Waals surface area contributed by atoms with Crippen LogP contribution in [0.4, 0.5) is 0 Å². The fraction of sp³-hybridized carbons (Fsp3) is 0.214. The fourth-order valence-corrected chi connectivity index (χ4v) is 1.98. The van der Waals surface area contributed by atoms with Crippen molar-refractivity contribution >= 4 is 16.7 Å². The molecular formula is C14H12O3. The Hall–Kier alpha value is -2.03. The monoisotopic (exact) mass is 228 g/mol. The second-order valence-corrected chi connectivity index (χ2v) is 4.18. The lowest BCUT2D eigenvalue weighted by molar-refractivity contribution is 0.297. The molecule has 0 radical (unpaired) electrons. The maximum Gasteiger partial charge on any atom is 0.193 e. The predicted molar refractivity (Wildman–Crippen MR) is 65.8 cm³/mol. The fourth-order valence-electron chi connectivity index (χ4n) is 1.98. The van der Waals surface area contributed by atoms with E-state index in [4.69, 9.17) is 9.15 Å². The molecule has 0 bridgehead atoms. The summed E-state index contributed by atoms with van der Waals surface area (Å²) in [6.07, 6.45) is 2.81. The van der Waals surface area contributed by atoms with Crippen LogP contribution < -0.4 is 5.43 Å². The highest BCUT2D eigenvalue weighted by Gasteiger charge is 2.13. The molecule has 1 aromatic heterocycles. The van der Waals surface area contributed by atoms with E-state index in [1.807, 2.05) is 31.2 Å². The topological polar surface area (TPSA) is 39.4 Å². The molecule has 86 valence electrons. The van der Waals surface area contributed by atoms with E-state index in [0.29, 0.717) is 29.1 Å². The van der Waals surface area contributed by atoms with Crippen molar-refractivity contribution in [2.75, 3.05) is 6.61 Å². The molecule has 2 heterocycles. The first-order valence-electron chi connectivity index (χ1n) is 5.62. The first kappa shape index (κ1) is 10.1. The Bertz CT molecular complexity index is 665. The molecule has 0 fully saturated rings. The van der Waals surface area contributed by atoms with Crippen molar-refractivity contribution in [2.24, 2.45) is 0 Å². The number of aryl methyl sites for hydroxylation is 1. The molecule has 0 unspecified atom stereocenters. The third-order valence-corrected chi connectivity index (χ3v) is 2.83. The average molecular weight is 228 g/mol. The van der Waals surface area contributed by atoms with Gasteiger partial charge in [-0.1, -0.05) is 11.6 Å². The van der Waals surface area contributed by atoms with Crippen molar-refractivity contribution in [3.05, 3.63) is 51.9 Å². The summed E-state index contributed by atoms with van der Waals surface area (Å²) in [5.41, 5.74) is 1.63. The Labute approximate surface area is 98.3 Å². The zero-order valence-corrected chi connectivity index (χ0v) is 9.53. The van der Waals surface area contributed by atoms with Gasteiger partial charge in [-0.05, 0) is 25.1 Å². The van der Waals surface area contributed by atoms with Crippen LogP contribution in [0.3, 0.4) is 0 Å². The molecule has 1 aromatic carbocycles. The van der Waals surface area contributed by atoms with E-state index >= 15 is 0 Å². The van der Waals surface area contributed by atoms with E-state index in [-0.39, 0.29) is 5.43 Å². The van der Waals surface area contributed by atoms with Crippen molar-refractivity contribution in [1.82, 2.24) is 0 Å². The van der Waals surface area contributed by atoms with E-state index in [1.54, 1.807) is 0 Å². The summed E-state index contributed by atoms with van der Waals surface area (Å²) in [4.78, 5) is 12.0. The number of hydrogen-bond acceptors (Lipinski definition) is 3. The lowest BCUT2D eigenvalue weighted by Crippen LogP contribution is -2.02. The molecule has 1 aliphatic heterocycles. The predicted octanol–water partition coefficient (Wildman–Crippen LogP) is 2.86. The number of hydrogen-bond donors (Lipinski definition) is 0. The Morgan fingerprint density at radius 3 is 2.88 bits per heavy atom. The summed E-state index contributed by atoms with van der Waals surface area (Å²) in [6, 6.07) is 7.10. The van der Waals surface area contributed by atoms with Crippen molar-refractivity contribution < 1.29 is 9.15 Å². The van der Waals surface area contributed by atoms with Crippen LogP contribution in [-0.4, -0.2) is 6.61 Å². The molecule has 1 aliphatic rings. The normalized spacial score (nSPS) is 14.8. The third-order valence-electron chi connectivity index (χ3n) is 2.83. The van der Waals surface area contributed by atoms with Gasteiger partial charge >= 0.3 is 0 Å². The van der Waals surface area contributed by atoms with Gasteiger partial charge in [-0.25, -0.2) is 0 Å². The summed E-state index contributed by atoms with van der Waals surface area (Å²) < 4.78 is 11.1. The maximum absolute atomic E-state index is 12.0. The summed E-state index contributed by atoms with van der Waals surface area (Å²) >= 11 is 0. The van der Waals surface area contributed by atoms with E-state index in [9.17, 15) is 4.79 Å². The third kappa shape index (κ3) is 1.73. The number of ether oxygens (including phenoxy) is 1. The molecule has 0 N–H and O–H groups in total. The molecular weight excluding hydrogens is 216 g/mol. The summed E-state index contributed by atoms with van der Waals surface area (Å²) in [5.74, 6) is 1.19. The van der Waals surface area contributed by atoms with Crippen LogP contribution in [0.2, 0.25) is 0 Å². The van der Waals surface area contributed by atoms with E-state index < -0.39 is 0 Å². The molecule has 0 aliphatic carbocycles. The van der Waals surface area contributed by atoms with Crippen LogP contribution in [0, 0.1) is 6.92 Å². The lowest BCUT2D eigenvalue weighted by Gasteiger charge is -2.04. The van der Waals surface area contributed by atoms with E-state index in [2.05, 4.69) is 0 Å². The van der Waals surface area contributed by atoms with Gasteiger partial charge in [0.05, 0.1) is 12.0 Å². The Morgan fingerprint density at radius 2 is 2.12 bits per heavy atom. The second kappa shape index (κ2) is 3.77. The summed E-state index contributed by atoms with van der Waals surface area (Å²) in [7, 11) is 0. The number of rotatable bonds is 1. The minimum Gasteiger partial charge on any atom is -0.490 e. The molecule has 0 atom stereocenters. The van der Waals surface area contributed by atoms with Crippen LogP contribution in [0.15, 0.2) is 39.6 Å². The second-order valence-electron chi connectivity index (χ2n) is 4.18. The van der Waals surface area contributed by atoms with Crippen molar-refractivity contribution in [1.29, 1.82) is 0 Å². The standard InChI is InChI=1S/C14H12O3/c1-9-4-5-12-10(7-9)11(15)8-14(17-12)13-3-2-6-16-13/h3-5,7-8H,2,6H2,1H3. The highest BCUT2D eigenvalue weighted by molar-refractivity contribution is 5.78. The Kier molecular flexibility index (Phi) is 2.25. The quantitative estimate of drug-likeness (QED) is 0.753. The van der Waals surface area contributed by atoms with Gasteiger partial charge in [0, 0.05) is 12.5 Å². The Balaban J connectivity index is 2.24. The summed E-state index contributed by atoms with van der Waals surface area (Å²) in [6.45, 7) is 2.61. The van der Waals surface area contributed by atoms with Gasteiger partial charge in [-0.2, -0.15) is 0 Å². The lowest BCUT2D eigenvalue weighted by atomic mass is 10.1. The molecule has 0 saturated heterocycles. The smallest absolute Gasteiger partial charge is 0.193 e. The first-order valence-corrected chi connectivity index (χ1v) is 5.62. The zero-order chi connectivity index (χ0) is 11.8. The van der Waals surface area contributed by atoms with Crippen LogP contribution >= 0.6 is 0 Å². The maximum atomic E-state index is 12.0.